The van der Waals surface area contributed by atoms with E-state index in [0.717, 1.165) is 12.8 Å². The van der Waals surface area contributed by atoms with Crippen LogP contribution in [0.25, 0.3) is 0 Å². The summed E-state index contributed by atoms with van der Waals surface area (Å²) in [5.41, 5.74) is 6.09. The van der Waals surface area contributed by atoms with Crippen molar-refractivity contribution in [1.82, 2.24) is 5.32 Å². The number of nitrogens with one attached hydrogen (secondary N) is 1. The van der Waals surface area contributed by atoms with Crippen molar-refractivity contribution in [2.75, 3.05) is 5.75 Å². The van der Waals surface area contributed by atoms with Crippen molar-refractivity contribution < 1.29 is 4.79 Å². The van der Waals surface area contributed by atoms with Gasteiger partial charge in [0.25, 0.3) is 0 Å². The lowest BCUT2D eigenvalue weighted by atomic mass is 10.0. The predicted octanol–water partition coefficient (Wildman–Crippen LogP) is 2.29. The maximum absolute atomic E-state index is 11.8. The quantitative estimate of drug-likeness (QED) is 0.764. The summed E-state index contributed by atoms with van der Waals surface area (Å²) in [4.78, 5) is 11.8. The van der Waals surface area contributed by atoms with Crippen molar-refractivity contribution in [2.24, 2.45) is 5.73 Å². The van der Waals surface area contributed by atoms with Crippen LogP contribution in [0.2, 0.25) is 0 Å². The zero-order chi connectivity index (χ0) is 12.9. The standard InChI is InChI=1S/C13H26N2OS/c1-13(2,3)17-9-12(16)15-11-8-6-4-5-7-10(11)14/h10-11H,4-9,14H2,1-3H3,(H,15,16). The van der Waals surface area contributed by atoms with E-state index in [4.69, 9.17) is 5.73 Å². The molecule has 2 unspecified atom stereocenters. The highest BCUT2D eigenvalue weighted by Gasteiger charge is 2.22. The largest absolute Gasteiger partial charge is 0.351 e. The van der Waals surface area contributed by atoms with Gasteiger partial charge >= 0.3 is 0 Å². The van der Waals surface area contributed by atoms with Crippen molar-refractivity contribution >= 4 is 17.7 Å². The molecule has 1 amide bonds. The molecule has 3 N–H and O–H groups in total. The molecule has 0 spiro atoms. The Bertz CT molecular complexity index is 250. The first-order valence-electron chi connectivity index (χ1n) is 6.57. The van der Waals surface area contributed by atoms with Gasteiger partial charge in [0.1, 0.15) is 0 Å². The van der Waals surface area contributed by atoms with Gasteiger partial charge in [-0.2, -0.15) is 0 Å². The Labute approximate surface area is 109 Å². The lowest BCUT2D eigenvalue weighted by molar-refractivity contribution is -0.119. The number of amides is 1. The number of rotatable bonds is 3. The summed E-state index contributed by atoms with van der Waals surface area (Å²) < 4.78 is 0.142. The number of carbonyl (C=O) groups is 1. The Morgan fingerprint density at radius 3 is 2.59 bits per heavy atom. The molecule has 0 saturated heterocycles. The molecule has 0 aromatic rings. The number of nitrogens with two attached hydrogens (primary N) is 1. The summed E-state index contributed by atoms with van der Waals surface area (Å²) in [5.74, 6) is 0.666. The third-order valence-electron chi connectivity index (χ3n) is 3.05. The van der Waals surface area contributed by atoms with Crippen LogP contribution in [0.4, 0.5) is 0 Å². The van der Waals surface area contributed by atoms with E-state index in [0.29, 0.717) is 5.75 Å². The minimum absolute atomic E-state index is 0.132. The normalized spacial score (nSPS) is 26.4. The smallest absolute Gasteiger partial charge is 0.230 e. The van der Waals surface area contributed by atoms with Gasteiger partial charge in [-0.05, 0) is 12.8 Å². The van der Waals surface area contributed by atoms with Gasteiger partial charge in [-0.25, -0.2) is 0 Å². The second kappa shape index (κ2) is 6.64. The topological polar surface area (TPSA) is 55.1 Å². The average Bonchev–Trinajstić information content (AvgIpc) is 2.41. The van der Waals surface area contributed by atoms with Crippen LogP contribution in [0.1, 0.15) is 52.9 Å². The highest BCUT2D eigenvalue weighted by Crippen LogP contribution is 2.23. The first-order chi connectivity index (χ1) is 7.88. The molecule has 1 rings (SSSR count). The molecule has 1 fully saturated rings. The van der Waals surface area contributed by atoms with Crippen LogP contribution < -0.4 is 11.1 Å². The summed E-state index contributed by atoms with van der Waals surface area (Å²) in [5, 5.41) is 3.10. The Morgan fingerprint density at radius 1 is 1.29 bits per heavy atom. The molecule has 17 heavy (non-hydrogen) atoms. The Hall–Kier alpha value is -0.220. The number of hydrogen-bond acceptors (Lipinski definition) is 3. The van der Waals surface area contributed by atoms with Crippen LogP contribution in [0.5, 0.6) is 0 Å². The summed E-state index contributed by atoms with van der Waals surface area (Å²) in [7, 11) is 0. The summed E-state index contributed by atoms with van der Waals surface area (Å²) in [6.45, 7) is 6.38. The van der Waals surface area contributed by atoms with Crippen LogP contribution in [-0.2, 0) is 4.79 Å². The maximum Gasteiger partial charge on any atom is 0.230 e. The molecule has 0 bridgehead atoms. The molecular formula is C13H26N2OS. The molecule has 100 valence electrons. The van der Waals surface area contributed by atoms with Crippen molar-refractivity contribution in [2.45, 2.75) is 69.7 Å². The first kappa shape index (κ1) is 14.8. The fourth-order valence-electron chi connectivity index (χ4n) is 2.05. The van der Waals surface area contributed by atoms with Gasteiger partial charge in [-0.1, -0.05) is 40.0 Å². The molecule has 1 saturated carbocycles. The van der Waals surface area contributed by atoms with Crippen molar-refractivity contribution in [3.05, 3.63) is 0 Å². The SMILES string of the molecule is CC(C)(C)SCC(=O)NC1CCCCCC1N. The van der Waals surface area contributed by atoms with Crippen molar-refractivity contribution in [3.63, 3.8) is 0 Å². The molecule has 4 heteroatoms. The Morgan fingerprint density at radius 2 is 1.94 bits per heavy atom. The minimum atomic E-state index is 0.132. The lowest BCUT2D eigenvalue weighted by Gasteiger charge is -2.24. The number of thioether (sulfide) groups is 1. The van der Waals surface area contributed by atoms with E-state index >= 15 is 0 Å². The van der Waals surface area contributed by atoms with Crippen LogP contribution >= 0.6 is 11.8 Å². The van der Waals surface area contributed by atoms with Gasteiger partial charge in [0, 0.05) is 16.8 Å². The Kier molecular flexibility index (Phi) is 5.80. The van der Waals surface area contributed by atoms with Gasteiger partial charge in [-0.3, -0.25) is 4.79 Å². The summed E-state index contributed by atoms with van der Waals surface area (Å²) in [6.07, 6.45) is 5.70. The molecule has 0 aromatic carbocycles. The van der Waals surface area contributed by atoms with E-state index in [1.165, 1.54) is 19.3 Å². The van der Waals surface area contributed by atoms with E-state index in [-0.39, 0.29) is 22.7 Å². The molecule has 3 nitrogen and oxygen atoms in total. The molecule has 0 radical (unpaired) electrons. The van der Waals surface area contributed by atoms with Gasteiger partial charge in [0.2, 0.25) is 5.91 Å². The highest BCUT2D eigenvalue weighted by molar-refractivity contribution is 8.01. The monoisotopic (exact) mass is 258 g/mol. The summed E-state index contributed by atoms with van der Waals surface area (Å²) >= 11 is 1.68. The minimum Gasteiger partial charge on any atom is -0.351 e. The molecule has 0 heterocycles. The van der Waals surface area contributed by atoms with Gasteiger partial charge < -0.3 is 11.1 Å². The van der Waals surface area contributed by atoms with Crippen LogP contribution in [0.3, 0.4) is 0 Å². The third-order valence-corrected chi connectivity index (χ3v) is 4.32. The van der Waals surface area contributed by atoms with E-state index in [1.807, 2.05) is 0 Å². The molecule has 0 aliphatic heterocycles. The van der Waals surface area contributed by atoms with E-state index < -0.39 is 0 Å². The number of hydrogen-bond donors (Lipinski definition) is 2. The van der Waals surface area contributed by atoms with Crippen molar-refractivity contribution in [1.29, 1.82) is 0 Å². The van der Waals surface area contributed by atoms with E-state index in [9.17, 15) is 4.79 Å². The second-order valence-electron chi connectivity index (χ2n) is 5.88. The molecule has 1 aliphatic rings. The van der Waals surface area contributed by atoms with Gasteiger partial charge in [0.05, 0.1) is 5.75 Å². The van der Waals surface area contributed by atoms with E-state index in [1.54, 1.807) is 11.8 Å². The number of carbonyl (C=O) groups excluding carboxylic acids is 1. The highest BCUT2D eigenvalue weighted by atomic mass is 32.2. The second-order valence-corrected chi connectivity index (χ2v) is 7.68. The molecule has 0 aromatic heterocycles. The fraction of sp³-hybridized carbons (Fsp3) is 0.923. The van der Waals surface area contributed by atoms with Gasteiger partial charge in [-0.15, -0.1) is 11.8 Å². The van der Waals surface area contributed by atoms with Gasteiger partial charge in [0.15, 0.2) is 0 Å². The summed E-state index contributed by atoms with van der Waals surface area (Å²) in [6, 6.07) is 0.326. The zero-order valence-corrected chi connectivity index (χ0v) is 12.1. The molecule has 1 aliphatic carbocycles. The molecule has 2 atom stereocenters. The molecular weight excluding hydrogens is 232 g/mol. The Balaban J connectivity index is 2.33. The van der Waals surface area contributed by atoms with Crippen LogP contribution in [-0.4, -0.2) is 28.5 Å². The zero-order valence-electron chi connectivity index (χ0n) is 11.3. The van der Waals surface area contributed by atoms with E-state index in [2.05, 4.69) is 26.1 Å². The van der Waals surface area contributed by atoms with Crippen molar-refractivity contribution in [3.8, 4) is 0 Å². The van der Waals surface area contributed by atoms with Crippen LogP contribution in [0, 0.1) is 0 Å². The average molecular weight is 258 g/mol. The third kappa shape index (κ3) is 6.32. The van der Waals surface area contributed by atoms with Crippen LogP contribution in [0.15, 0.2) is 0 Å². The first-order valence-corrected chi connectivity index (χ1v) is 7.56. The predicted molar refractivity (Wildman–Crippen MR) is 75.2 cm³/mol. The fourth-order valence-corrected chi connectivity index (χ4v) is 2.69. The lowest BCUT2D eigenvalue weighted by Crippen LogP contribution is -2.47. The maximum atomic E-state index is 11.8.